The molecule has 0 radical (unpaired) electrons. The predicted molar refractivity (Wildman–Crippen MR) is 131 cm³/mol. The minimum atomic E-state index is -0.722. The first kappa shape index (κ1) is 23.6. The van der Waals surface area contributed by atoms with Gasteiger partial charge in [0.25, 0.3) is 0 Å². The minimum absolute atomic E-state index is 0.0471. The average molecular weight is 482 g/mol. The van der Waals surface area contributed by atoms with Crippen LogP contribution in [0.1, 0.15) is 32.3 Å². The maximum absolute atomic E-state index is 15.5. The van der Waals surface area contributed by atoms with Crippen LogP contribution in [0.2, 0.25) is 0 Å². The highest BCUT2D eigenvalue weighted by atomic mass is 19.1. The summed E-state index contributed by atoms with van der Waals surface area (Å²) in [5.41, 5.74) is 1.90. The zero-order chi connectivity index (χ0) is 24.7. The van der Waals surface area contributed by atoms with Crippen molar-refractivity contribution in [2.75, 3.05) is 36.1 Å². The van der Waals surface area contributed by atoms with E-state index in [0.29, 0.717) is 55.5 Å². The molecule has 2 aromatic heterocycles. The van der Waals surface area contributed by atoms with Crippen LogP contribution in [0, 0.1) is 24.0 Å². The van der Waals surface area contributed by atoms with E-state index in [1.54, 1.807) is 23.4 Å². The molecule has 35 heavy (non-hydrogen) atoms. The number of morpholine rings is 1. The van der Waals surface area contributed by atoms with Crippen LogP contribution in [0.25, 0.3) is 10.9 Å². The van der Waals surface area contributed by atoms with E-state index in [2.05, 4.69) is 29.1 Å². The van der Waals surface area contributed by atoms with E-state index in [9.17, 15) is 9.18 Å². The van der Waals surface area contributed by atoms with Crippen molar-refractivity contribution in [3.63, 3.8) is 0 Å². The number of nitrogens with zero attached hydrogens (tertiary/aromatic N) is 4. The number of benzene rings is 1. The summed E-state index contributed by atoms with van der Waals surface area (Å²) in [6.45, 7) is 8.05. The van der Waals surface area contributed by atoms with Gasteiger partial charge in [-0.1, -0.05) is 13.8 Å². The van der Waals surface area contributed by atoms with Crippen LogP contribution in [0.5, 0.6) is 0 Å². The van der Waals surface area contributed by atoms with Gasteiger partial charge in [0.15, 0.2) is 0 Å². The van der Waals surface area contributed by atoms with Crippen molar-refractivity contribution in [1.29, 1.82) is 0 Å². The highest BCUT2D eigenvalue weighted by molar-refractivity contribution is 6.02. The van der Waals surface area contributed by atoms with Gasteiger partial charge in [-0.15, -0.1) is 0 Å². The van der Waals surface area contributed by atoms with Gasteiger partial charge in [-0.25, -0.2) is 13.8 Å². The molecule has 2 fully saturated rings. The largest absolute Gasteiger partial charge is 0.377 e. The monoisotopic (exact) mass is 481 g/mol. The molecule has 0 saturated carbocycles. The Bertz CT molecular complexity index is 1260. The van der Waals surface area contributed by atoms with Crippen molar-refractivity contribution in [2.24, 2.45) is 5.41 Å². The second kappa shape index (κ2) is 9.13. The molecule has 7 nitrogen and oxygen atoms in total. The average Bonchev–Trinajstić information content (AvgIpc) is 2.83. The Balaban J connectivity index is 1.80. The van der Waals surface area contributed by atoms with Crippen LogP contribution in [0.15, 0.2) is 36.7 Å². The molecule has 2 aliphatic heterocycles. The zero-order valence-electron chi connectivity index (χ0n) is 20.1. The summed E-state index contributed by atoms with van der Waals surface area (Å²) in [7, 11) is 0. The fraction of sp³-hybridized carbons (Fsp3) is 0.423. The van der Waals surface area contributed by atoms with Gasteiger partial charge in [0.1, 0.15) is 23.6 Å². The van der Waals surface area contributed by atoms with Gasteiger partial charge in [-0.05, 0) is 30.9 Å². The van der Waals surface area contributed by atoms with Crippen LogP contribution >= 0.6 is 0 Å². The fourth-order valence-corrected chi connectivity index (χ4v) is 4.98. The van der Waals surface area contributed by atoms with E-state index >= 15 is 4.39 Å². The van der Waals surface area contributed by atoms with Gasteiger partial charge in [0.2, 0.25) is 5.91 Å². The lowest BCUT2D eigenvalue weighted by Gasteiger charge is -2.40. The lowest BCUT2D eigenvalue weighted by Crippen LogP contribution is -2.51. The number of pyridine rings is 2. The second-order valence-corrected chi connectivity index (χ2v) is 9.96. The molecule has 4 heterocycles. The van der Waals surface area contributed by atoms with Crippen LogP contribution in [-0.2, 0) is 9.53 Å². The first-order chi connectivity index (χ1) is 16.7. The van der Waals surface area contributed by atoms with Crippen molar-refractivity contribution in [1.82, 2.24) is 15.3 Å². The second-order valence-electron chi connectivity index (χ2n) is 9.96. The molecular weight excluding hydrogens is 452 g/mol. The molecule has 184 valence electrons. The van der Waals surface area contributed by atoms with Gasteiger partial charge < -0.3 is 9.64 Å². The maximum atomic E-state index is 15.5. The number of carbonyl (C=O) groups is 1. The Kier molecular flexibility index (Phi) is 6.14. The zero-order valence-corrected chi connectivity index (χ0v) is 20.1. The van der Waals surface area contributed by atoms with E-state index in [0.717, 1.165) is 12.5 Å². The van der Waals surface area contributed by atoms with E-state index in [4.69, 9.17) is 4.74 Å². The molecule has 0 bridgehead atoms. The molecule has 1 aromatic carbocycles. The summed E-state index contributed by atoms with van der Waals surface area (Å²) in [6.07, 6.45) is 4.19. The van der Waals surface area contributed by atoms with E-state index in [-0.39, 0.29) is 28.4 Å². The molecule has 9 heteroatoms. The lowest BCUT2D eigenvalue weighted by molar-refractivity contribution is -0.121. The Morgan fingerprint density at radius 3 is 2.83 bits per heavy atom. The Labute approximate surface area is 203 Å². The fourth-order valence-electron chi connectivity index (χ4n) is 4.98. The van der Waals surface area contributed by atoms with Crippen LogP contribution in [0.4, 0.5) is 26.0 Å². The van der Waals surface area contributed by atoms with Crippen molar-refractivity contribution in [3.8, 4) is 0 Å². The van der Waals surface area contributed by atoms with Crippen LogP contribution in [-0.4, -0.2) is 48.3 Å². The summed E-state index contributed by atoms with van der Waals surface area (Å²) >= 11 is 0. The molecule has 0 aliphatic carbocycles. The SMILES string of the molecule is Cc1c(N2CC(C)(C)CCC2=O)nc2cc(F)cc(F)c2c1N(c1cccnc1)C1COCCN1. The lowest BCUT2D eigenvalue weighted by atomic mass is 9.83. The Hall–Kier alpha value is -3.17. The summed E-state index contributed by atoms with van der Waals surface area (Å²) in [6, 6.07) is 5.77. The molecule has 5 rings (SSSR count). The summed E-state index contributed by atoms with van der Waals surface area (Å²) in [5, 5.41) is 3.62. The number of anilines is 3. The third kappa shape index (κ3) is 4.46. The molecule has 1 N–H and O–H groups in total. The number of amides is 1. The van der Waals surface area contributed by atoms with E-state index in [1.807, 2.05) is 17.9 Å². The molecular formula is C26H29F2N5O2. The summed E-state index contributed by atoms with van der Waals surface area (Å²) in [5.74, 6) is -1.07. The Morgan fingerprint density at radius 1 is 1.29 bits per heavy atom. The number of hydrogen-bond donors (Lipinski definition) is 1. The number of ether oxygens (including phenoxy) is 1. The number of rotatable bonds is 4. The molecule has 1 unspecified atom stereocenters. The molecule has 1 atom stereocenters. The number of carbonyl (C=O) groups excluding carboxylic acids is 1. The Morgan fingerprint density at radius 2 is 2.11 bits per heavy atom. The molecule has 2 aliphatic rings. The standard InChI is InChI=1S/C26H29F2N5O2/c1-16-24(33(18-5-4-8-29-13-18)21-14-35-10-9-30-21)23-19(28)11-17(27)12-20(23)31-25(16)32-15-26(2,3)7-6-22(32)34/h4-5,8,11-13,21,30H,6-7,9-10,14-15H2,1-3H3. The van der Waals surface area contributed by atoms with E-state index < -0.39 is 11.6 Å². The van der Waals surface area contributed by atoms with Gasteiger partial charge in [0, 0.05) is 43.4 Å². The van der Waals surface area contributed by atoms with Crippen molar-refractivity contribution < 1.29 is 18.3 Å². The number of fused-ring (bicyclic) bond motifs is 1. The highest BCUT2D eigenvalue weighted by Gasteiger charge is 2.36. The third-order valence-electron chi connectivity index (χ3n) is 6.73. The van der Waals surface area contributed by atoms with Gasteiger partial charge >= 0.3 is 0 Å². The van der Waals surface area contributed by atoms with Gasteiger partial charge in [-0.2, -0.15) is 0 Å². The van der Waals surface area contributed by atoms with E-state index in [1.165, 1.54) is 6.07 Å². The van der Waals surface area contributed by atoms with Gasteiger partial charge in [0.05, 0.1) is 41.7 Å². The summed E-state index contributed by atoms with van der Waals surface area (Å²) in [4.78, 5) is 25.5. The molecule has 2 saturated heterocycles. The predicted octanol–water partition coefficient (Wildman–Crippen LogP) is 4.45. The van der Waals surface area contributed by atoms with Crippen LogP contribution in [0.3, 0.4) is 0 Å². The third-order valence-corrected chi connectivity index (χ3v) is 6.73. The first-order valence-electron chi connectivity index (χ1n) is 11.9. The first-order valence-corrected chi connectivity index (χ1v) is 11.9. The van der Waals surface area contributed by atoms with Crippen molar-refractivity contribution >= 4 is 34.0 Å². The topological polar surface area (TPSA) is 70.6 Å². The maximum Gasteiger partial charge on any atom is 0.228 e. The van der Waals surface area contributed by atoms with Gasteiger partial charge in [-0.3, -0.25) is 20.0 Å². The normalized spacial score (nSPS) is 20.3. The quantitative estimate of drug-likeness (QED) is 0.594. The smallest absolute Gasteiger partial charge is 0.228 e. The van der Waals surface area contributed by atoms with Crippen molar-refractivity contribution in [2.45, 2.75) is 39.8 Å². The van der Waals surface area contributed by atoms with Crippen LogP contribution < -0.4 is 15.1 Å². The molecule has 1 amide bonds. The summed E-state index contributed by atoms with van der Waals surface area (Å²) < 4.78 is 35.6. The number of hydrogen-bond acceptors (Lipinski definition) is 6. The highest BCUT2D eigenvalue weighted by Crippen LogP contribution is 2.43. The number of nitrogens with one attached hydrogen (secondary N) is 1. The number of aromatic nitrogens is 2. The van der Waals surface area contributed by atoms with Crippen molar-refractivity contribution in [3.05, 3.63) is 53.9 Å². The molecule has 3 aromatic rings. The number of halogens is 2. The molecule has 0 spiro atoms. The minimum Gasteiger partial charge on any atom is -0.377 e. The number of piperidine rings is 1.